The van der Waals surface area contributed by atoms with E-state index >= 15 is 0 Å². The lowest BCUT2D eigenvalue weighted by Crippen LogP contribution is -2.00. The fourth-order valence-electron chi connectivity index (χ4n) is 7.27. The Balaban J connectivity index is 1.07. The number of furan rings is 3. The highest BCUT2D eigenvalue weighted by Gasteiger charge is 2.19. The van der Waals surface area contributed by atoms with E-state index in [1.165, 1.54) is 0 Å². The number of aromatic nitrogens is 3. The van der Waals surface area contributed by atoms with E-state index in [1.807, 2.05) is 91.0 Å². The fourth-order valence-corrected chi connectivity index (χ4v) is 7.27. The van der Waals surface area contributed by atoms with Gasteiger partial charge in [-0.15, -0.1) is 0 Å². The van der Waals surface area contributed by atoms with Crippen molar-refractivity contribution in [1.82, 2.24) is 15.0 Å². The molecule has 0 atom stereocenters. The van der Waals surface area contributed by atoms with Crippen molar-refractivity contribution in [2.45, 2.75) is 0 Å². The number of fused-ring (bicyclic) bond motifs is 9. The van der Waals surface area contributed by atoms with Crippen LogP contribution in [0.2, 0.25) is 0 Å². The monoisotopic (exact) mass is 655 g/mol. The molecule has 0 aliphatic carbocycles. The Kier molecular flexibility index (Phi) is 5.86. The summed E-state index contributed by atoms with van der Waals surface area (Å²) in [5.74, 6) is 1.70. The van der Waals surface area contributed by atoms with Gasteiger partial charge in [-0.25, -0.2) is 15.0 Å². The van der Waals surface area contributed by atoms with Gasteiger partial charge in [0.15, 0.2) is 17.5 Å². The van der Waals surface area contributed by atoms with E-state index in [9.17, 15) is 0 Å². The van der Waals surface area contributed by atoms with E-state index in [4.69, 9.17) is 28.2 Å². The lowest BCUT2D eigenvalue weighted by molar-refractivity contribution is 0.668. The highest BCUT2D eigenvalue weighted by molar-refractivity contribution is 6.11. The van der Waals surface area contributed by atoms with E-state index in [2.05, 4.69) is 60.7 Å². The SMILES string of the molecule is c1ccc(-c2nc(-c3ccc4oc5ccccc5c4c3)nc(-c3cccc4c3oc3cc(-c5ccc6c(c5)oc5ccccc56)ccc34)n2)cc1. The Hall–Kier alpha value is -7.05. The lowest BCUT2D eigenvalue weighted by atomic mass is 10.0. The third kappa shape index (κ3) is 4.40. The molecule has 0 unspecified atom stereocenters. The highest BCUT2D eigenvalue weighted by atomic mass is 16.3. The van der Waals surface area contributed by atoms with Gasteiger partial charge >= 0.3 is 0 Å². The third-order valence-electron chi connectivity index (χ3n) is 9.75. The summed E-state index contributed by atoms with van der Waals surface area (Å²) in [6.45, 7) is 0. The second-order valence-corrected chi connectivity index (χ2v) is 12.8. The average Bonchev–Trinajstić information content (AvgIpc) is 3.88. The van der Waals surface area contributed by atoms with Crippen LogP contribution in [0.15, 0.2) is 165 Å². The summed E-state index contributed by atoms with van der Waals surface area (Å²) in [5.41, 5.74) is 9.60. The van der Waals surface area contributed by atoms with Crippen molar-refractivity contribution in [1.29, 1.82) is 0 Å². The molecule has 4 aromatic heterocycles. The van der Waals surface area contributed by atoms with Crippen molar-refractivity contribution in [2.75, 3.05) is 0 Å². The topological polar surface area (TPSA) is 78.1 Å². The molecule has 0 saturated carbocycles. The van der Waals surface area contributed by atoms with E-state index in [0.29, 0.717) is 17.5 Å². The molecule has 4 heterocycles. The van der Waals surface area contributed by atoms with Crippen LogP contribution in [-0.4, -0.2) is 15.0 Å². The van der Waals surface area contributed by atoms with Crippen molar-refractivity contribution in [3.63, 3.8) is 0 Å². The molecule has 0 bridgehead atoms. The van der Waals surface area contributed by atoms with Gasteiger partial charge < -0.3 is 13.3 Å². The number of hydrogen-bond donors (Lipinski definition) is 0. The molecule has 0 radical (unpaired) electrons. The van der Waals surface area contributed by atoms with Crippen LogP contribution in [-0.2, 0) is 0 Å². The second kappa shape index (κ2) is 10.7. The van der Waals surface area contributed by atoms with Gasteiger partial charge in [0.2, 0.25) is 0 Å². The summed E-state index contributed by atoms with van der Waals surface area (Å²) >= 11 is 0. The van der Waals surface area contributed by atoms with Crippen LogP contribution in [0, 0.1) is 0 Å². The van der Waals surface area contributed by atoms with E-state index in [0.717, 1.165) is 93.6 Å². The standard InChI is InChI=1S/C45H25N3O3/c1-2-9-26(10-3-1)43-46-44(29-19-22-39-36(23-29)31-12-5-7-16-38(31)49-39)48-45(47-43)35-14-8-13-34-33-21-18-28(25-41(33)51-42(34)35)27-17-20-32-30-11-4-6-15-37(30)50-40(32)24-27/h1-25H. The molecule has 0 N–H and O–H groups in total. The lowest BCUT2D eigenvalue weighted by Gasteiger charge is -2.09. The van der Waals surface area contributed by atoms with Crippen molar-refractivity contribution < 1.29 is 13.3 Å². The van der Waals surface area contributed by atoms with E-state index < -0.39 is 0 Å². The Morgan fingerprint density at radius 2 is 0.824 bits per heavy atom. The van der Waals surface area contributed by atoms with Crippen LogP contribution in [0.25, 0.3) is 111 Å². The van der Waals surface area contributed by atoms with Crippen LogP contribution in [0.5, 0.6) is 0 Å². The second-order valence-electron chi connectivity index (χ2n) is 12.8. The van der Waals surface area contributed by atoms with Crippen molar-refractivity contribution in [3.05, 3.63) is 152 Å². The Labute approximate surface area is 290 Å². The molecule has 0 amide bonds. The molecule has 6 heteroatoms. The minimum absolute atomic E-state index is 0.538. The largest absolute Gasteiger partial charge is 0.456 e. The molecule has 6 nitrogen and oxygen atoms in total. The smallest absolute Gasteiger partial charge is 0.167 e. The zero-order valence-electron chi connectivity index (χ0n) is 27.0. The molecule has 238 valence electrons. The molecule has 51 heavy (non-hydrogen) atoms. The maximum atomic E-state index is 6.69. The first-order valence-corrected chi connectivity index (χ1v) is 16.8. The summed E-state index contributed by atoms with van der Waals surface area (Å²) in [6.07, 6.45) is 0. The fraction of sp³-hybridized carbons (Fsp3) is 0. The minimum atomic E-state index is 0.538. The summed E-state index contributed by atoms with van der Waals surface area (Å²) in [5, 5.41) is 6.31. The molecule has 0 aliphatic heterocycles. The van der Waals surface area contributed by atoms with Gasteiger partial charge in [0.25, 0.3) is 0 Å². The van der Waals surface area contributed by atoms with Gasteiger partial charge in [-0.3, -0.25) is 0 Å². The molecule has 11 rings (SSSR count). The molecule has 7 aromatic carbocycles. The number of nitrogens with zero attached hydrogens (tertiary/aromatic N) is 3. The Bertz CT molecular complexity index is 3150. The Morgan fingerprint density at radius 3 is 1.59 bits per heavy atom. The average molecular weight is 656 g/mol. The first-order chi connectivity index (χ1) is 25.2. The molecular formula is C45H25N3O3. The van der Waals surface area contributed by atoms with Crippen LogP contribution >= 0.6 is 0 Å². The number of benzene rings is 7. The van der Waals surface area contributed by atoms with Crippen LogP contribution in [0.3, 0.4) is 0 Å². The molecule has 11 aromatic rings. The predicted molar refractivity (Wildman–Crippen MR) is 203 cm³/mol. The van der Waals surface area contributed by atoms with Crippen molar-refractivity contribution >= 4 is 65.8 Å². The van der Waals surface area contributed by atoms with Gasteiger partial charge in [0.1, 0.15) is 33.5 Å². The zero-order chi connectivity index (χ0) is 33.5. The van der Waals surface area contributed by atoms with Crippen LogP contribution in [0.1, 0.15) is 0 Å². The predicted octanol–water partition coefficient (Wildman–Crippen LogP) is 12.2. The van der Waals surface area contributed by atoms with E-state index in [-0.39, 0.29) is 0 Å². The van der Waals surface area contributed by atoms with Gasteiger partial charge in [0.05, 0.1) is 5.56 Å². The van der Waals surface area contributed by atoms with Gasteiger partial charge in [-0.1, -0.05) is 91.0 Å². The third-order valence-corrected chi connectivity index (χ3v) is 9.75. The maximum absolute atomic E-state index is 6.69. The quantitative estimate of drug-likeness (QED) is 0.188. The molecule has 0 fully saturated rings. The minimum Gasteiger partial charge on any atom is -0.456 e. The number of rotatable bonds is 4. The normalized spacial score (nSPS) is 11.9. The molecular weight excluding hydrogens is 631 g/mol. The van der Waals surface area contributed by atoms with Gasteiger partial charge in [-0.2, -0.15) is 0 Å². The van der Waals surface area contributed by atoms with Crippen LogP contribution < -0.4 is 0 Å². The zero-order valence-corrected chi connectivity index (χ0v) is 27.0. The molecule has 0 aliphatic rings. The van der Waals surface area contributed by atoms with Crippen LogP contribution in [0.4, 0.5) is 0 Å². The summed E-state index contributed by atoms with van der Waals surface area (Å²) < 4.78 is 19.0. The van der Waals surface area contributed by atoms with Crippen molar-refractivity contribution in [2.24, 2.45) is 0 Å². The summed E-state index contributed by atoms with van der Waals surface area (Å²) in [6, 6.07) is 51.2. The Morgan fingerprint density at radius 1 is 0.294 bits per heavy atom. The molecule has 0 saturated heterocycles. The summed E-state index contributed by atoms with van der Waals surface area (Å²) in [7, 11) is 0. The van der Waals surface area contributed by atoms with Gasteiger partial charge in [0, 0.05) is 43.4 Å². The first-order valence-electron chi connectivity index (χ1n) is 16.8. The highest BCUT2D eigenvalue weighted by Crippen LogP contribution is 2.39. The number of hydrogen-bond acceptors (Lipinski definition) is 6. The van der Waals surface area contributed by atoms with Gasteiger partial charge in [-0.05, 0) is 71.8 Å². The number of para-hydroxylation sites is 3. The van der Waals surface area contributed by atoms with Crippen molar-refractivity contribution in [3.8, 4) is 45.3 Å². The van der Waals surface area contributed by atoms with E-state index in [1.54, 1.807) is 0 Å². The summed E-state index contributed by atoms with van der Waals surface area (Å²) in [4.78, 5) is 15.1. The first kappa shape index (κ1) is 27.9. The molecule has 0 spiro atoms. The maximum Gasteiger partial charge on any atom is 0.167 e.